The van der Waals surface area contributed by atoms with E-state index in [4.69, 9.17) is 9.47 Å². The Kier molecular flexibility index (Phi) is 5.78. The van der Waals surface area contributed by atoms with Crippen molar-refractivity contribution < 1.29 is 19.1 Å². The Bertz CT molecular complexity index is 726. The van der Waals surface area contributed by atoms with Crippen LogP contribution in [-0.4, -0.2) is 26.0 Å². The minimum absolute atomic E-state index is 0.0604. The third-order valence-corrected chi connectivity index (χ3v) is 3.40. The first-order chi connectivity index (χ1) is 11.6. The van der Waals surface area contributed by atoms with Gasteiger partial charge in [-0.25, -0.2) is 0 Å². The first-order valence-electron chi connectivity index (χ1n) is 7.50. The zero-order valence-electron chi connectivity index (χ0n) is 13.9. The van der Waals surface area contributed by atoms with Gasteiger partial charge in [-0.3, -0.25) is 9.59 Å². The fraction of sp³-hybridized carbons (Fsp3) is 0.222. The van der Waals surface area contributed by atoms with E-state index in [1.54, 1.807) is 56.5 Å². The van der Waals surface area contributed by atoms with Crippen LogP contribution >= 0.6 is 0 Å². The lowest BCUT2D eigenvalue weighted by atomic mass is 10.1. The molecule has 0 aromatic heterocycles. The van der Waals surface area contributed by atoms with E-state index in [9.17, 15) is 9.59 Å². The minimum atomic E-state index is -0.292. The van der Waals surface area contributed by atoms with Crippen molar-refractivity contribution in [1.29, 1.82) is 0 Å². The molecule has 2 N–H and O–H groups in total. The summed E-state index contributed by atoms with van der Waals surface area (Å²) in [7, 11) is 3.05. The maximum atomic E-state index is 12.4. The van der Waals surface area contributed by atoms with Crippen molar-refractivity contribution in [1.82, 2.24) is 0 Å². The quantitative estimate of drug-likeness (QED) is 0.853. The van der Waals surface area contributed by atoms with Crippen molar-refractivity contribution in [2.75, 3.05) is 24.9 Å². The van der Waals surface area contributed by atoms with Crippen LogP contribution in [-0.2, 0) is 4.79 Å². The molecule has 2 aromatic rings. The van der Waals surface area contributed by atoms with Crippen LogP contribution in [0.15, 0.2) is 42.5 Å². The van der Waals surface area contributed by atoms with E-state index in [1.165, 1.54) is 7.11 Å². The summed E-state index contributed by atoms with van der Waals surface area (Å²) >= 11 is 0. The number of methoxy groups -OCH3 is 2. The number of anilines is 2. The number of carbonyl (C=O) groups excluding carboxylic acids is 2. The van der Waals surface area contributed by atoms with Crippen LogP contribution in [0.1, 0.15) is 23.7 Å². The second-order valence-corrected chi connectivity index (χ2v) is 5.00. The molecular formula is C18H20N2O4. The van der Waals surface area contributed by atoms with Crippen molar-refractivity contribution in [3.05, 3.63) is 48.0 Å². The summed E-state index contributed by atoms with van der Waals surface area (Å²) < 4.78 is 10.4. The van der Waals surface area contributed by atoms with Crippen molar-refractivity contribution in [2.24, 2.45) is 0 Å². The van der Waals surface area contributed by atoms with Gasteiger partial charge in [0.1, 0.15) is 11.5 Å². The summed E-state index contributed by atoms with van der Waals surface area (Å²) in [4.78, 5) is 23.7. The van der Waals surface area contributed by atoms with Crippen LogP contribution in [0.3, 0.4) is 0 Å². The molecule has 0 heterocycles. The summed E-state index contributed by atoms with van der Waals surface area (Å²) in [6.45, 7) is 1.78. The predicted molar refractivity (Wildman–Crippen MR) is 92.9 cm³/mol. The SMILES string of the molecule is CCC(=O)Nc1ccc(NC(=O)c2ccc(OC)cc2OC)cc1. The van der Waals surface area contributed by atoms with E-state index in [1.807, 2.05) is 0 Å². The molecule has 0 aliphatic heterocycles. The zero-order chi connectivity index (χ0) is 17.5. The van der Waals surface area contributed by atoms with Gasteiger partial charge in [0.05, 0.1) is 19.8 Å². The Morgan fingerprint density at radius 1 is 0.917 bits per heavy atom. The molecule has 0 spiro atoms. The highest BCUT2D eigenvalue weighted by Gasteiger charge is 2.13. The van der Waals surface area contributed by atoms with E-state index in [0.717, 1.165) is 0 Å². The Hall–Kier alpha value is -3.02. The number of ether oxygens (including phenoxy) is 2. The van der Waals surface area contributed by atoms with Crippen molar-refractivity contribution >= 4 is 23.2 Å². The molecule has 0 unspecified atom stereocenters. The maximum Gasteiger partial charge on any atom is 0.259 e. The van der Waals surface area contributed by atoms with Crippen molar-refractivity contribution in [3.8, 4) is 11.5 Å². The van der Waals surface area contributed by atoms with Crippen LogP contribution < -0.4 is 20.1 Å². The van der Waals surface area contributed by atoms with E-state index >= 15 is 0 Å². The second kappa shape index (κ2) is 8.01. The smallest absolute Gasteiger partial charge is 0.259 e. The average molecular weight is 328 g/mol. The number of nitrogens with one attached hydrogen (secondary N) is 2. The van der Waals surface area contributed by atoms with Gasteiger partial charge < -0.3 is 20.1 Å². The molecule has 0 radical (unpaired) electrons. The molecule has 0 saturated heterocycles. The molecule has 24 heavy (non-hydrogen) atoms. The van der Waals surface area contributed by atoms with Gasteiger partial charge in [-0.1, -0.05) is 6.92 Å². The summed E-state index contributed by atoms with van der Waals surface area (Å²) in [5, 5.41) is 5.54. The molecule has 6 nitrogen and oxygen atoms in total. The van der Waals surface area contributed by atoms with Gasteiger partial charge >= 0.3 is 0 Å². The summed E-state index contributed by atoms with van der Waals surface area (Å²) in [5.74, 6) is 0.688. The Balaban J connectivity index is 2.10. The van der Waals surface area contributed by atoms with Gasteiger partial charge in [0.15, 0.2) is 0 Å². The summed E-state index contributed by atoms with van der Waals surface area (Å²) in [6, 6.07) is 11.9. The van der Waals surface area contributed by atoms with Gasteiger partial charge in [-0.2, -0.15) is 0 Å². The van der Waals surface area contributed by atoms with Crippen LogP contribution in [0, 0.1) is 0 Å². The molecule has 0 saturated carbocycles. The highest BCUT2D eigenvalue weighted by atomic mass is 16.5. The number of amides is 2. The normalized spacial score (nSPS) is 9.96. The van der Waals surface area contributed by atoms with Gasteiger partial charge in [0, 0.05) is 23.9 Å². The topological polar surface area (TPSA) is 76.7 Å². The average Bonchev–Trinajstić information content (AvgIpc) is 2.62. The molecule has 0 aliphatic rings. The Labute approximate surface area is 140 Å². The fourth-order valence-corrected chi connectivity index (χ4v) is 2.07. The zero-order valence-corrected chi connectivity index (χ0v) is 13.9. The van der Waals surface area contributed by atoms with E-state index in [0.29, 0.717) is 34.9 Å². The predicted octanol–water partition coefficient (Wildman–Crippen LogP) is 3.30. The van der Waals surface area contributed by atoms with Gasteiger partial charge in [0.25, 0.3) is 5.91 Å². The lowest BCUT2D eigenvalue weighted by Gasteiger charge is -2.11. The molecule has 6 heteroatoms. The van der Waals surface area contributed by atoms with Crippen LogP contribution in [0.5, 0.6) is 11.5 Å². The summed E-state index contributed by atoms with van der Waals surface area (Å²) in [6.07, 6.45) is 0.412. The summed E-state index contributed by atoms with van der Waals surface area (Å²) in [5.41, 5.74) is 1.70. The molecule has 2 amide bonds. The van der Waals surface area contributed by atoms with Crippen LogP contribution in [0.2, 0.25) is 0 Å². The Morgan fingerprint density at radius 2 is 1.54 bits per heavy atom. The van der Waals surface area contributed by atoms with Crippen molar-refractivity contribution in [2.45, 2.75) is 13.3 Å². The molecular weight excluding hydrogens is 308 g/mol. The number of carbonyl (C=O) groups is 2. The Morgan fingerprint density at radius 3 is 2.08 bits per heavy atom. The minimum Gasteiger partial charge on any atom is -0.497 e. The second-order valence-electron chi connectivity index (χ2n) is 5.00. The van der Waals surface area contributed by atoms with E-state index in [-0.39, 0.29) is 11.8 Å². The largest absolute Gasteiger partial charge is 0.497 e. The van der Waals surface area contributed by atoms with Gasteiger partial charge in [-0.15, -0.1) is 0 Å². The third-order valence-electron chi connectivity index (χ3n) is 3.40. The molecule has 2 aromatic carbocycles. The molecule has 0 aliphatic carbocycles. The molecule has 0 atom stereocenters. The standard InChI is InChI=1S/C18H20N2O4/c1-4-17(21)19-12-5-7-13(8-6-12)20-18(22)15-10-9-14(23-2)11-16(15)24-3/h5-11H,4H2,1-3H3,(H,19,21)(H,20,22). The first-order valence-corrected chi connectivity index (χ1v) is 7.50. The van der Waals surface area contributed by atoms with Crippen LogP contribution in [0.4, 0.5) is 11.4 Å². The van der Waals surface area contributed by atoms with Crippen LogP contribution in [0.25, 0.3) is 0 Å². The molecule has 126 valence electrons. The molecule has 0 bridgehead atoms. The van der Waals surface area contributed by atoms with Gasteiger partial charge in [0.2, 0.25) is 5.91 Å². The molecule has 2 rings (SSSR count). The van der Waals surface area contributed by atoms with Crippen molar-refractivity contribution in [3.63, 3.8) is 0 Å². The number of hydrogen-bond donors (Lipinski definition) is 2. The van der Waals surface area contributed by atoms with E-state index in [2.05, 4.69) is 10.6 Å². The third kappa shape index (κ3) is 4.25. The van der Waals surface area contributed by atoms with E-state index < -0.39 is 0 Å². The highest BCUT2D eigenvalue weighted by Crippen LogP contribution is 2.25. The lowest BCUT2D eigenvalue weighted by Crippen LogP contribution is -2.13. The number of benzene rings is 2. The maximum absolute atomic E-state index is 12.4. The fourth-order valence-electron chi connectivity index (χ4n) is 2.07. The number of rotatable bonds is 6. The number of hydrogen-bond acceptors (Lipinski definition) is 4. The van der Waals surface area contributed by atoms with Gasteiger partial charge in [-0.05, 0) is 36.4 Å². The lowest BCUT2D eigenvalue weighted by molar-refractivity contribution is -0.115. The molecule has 0 fully saturated rings. The highest BCUT2D eigenvalue weighted by molar-refractivity contribution is 6.06. The first kappa shape index (κ1) is 17.3. The monoisotopic (exact) mass is 328 g/mol.